The lowest BCUT2D eigenvalue weighted by molar-refractivity contribution is -0.124. The van der Waals surface area contributed by atoms with Crippen LogP contribution in [0.1, 0.15) is 17.3 Å². The normalized spacial score (nSPS) is 26.9. The first-order valence-corrected chi connectivity index (χ1v) is 8.57. The molecule has 1 fully saturated rings. The zero-order chi connectivity index (χ0) is 17.4. The lowest BCUT2D eigenvalue weighted by atomic mass is 9.88. The van der Waals surface area contributed by atoms with E-state index in [1.807, 2.05) is 36.4 Å². The van der Waals surface area contributed by atoms with Crippen LogP contribution in [0.15, 0.2) is 53.3 Å². The molecule has 2 aliphatic rings. The van der Waals surface area contributed by atoms with Crippen molar-refractivity contribution in [3.8, 4) is 0 Å². The highest BCUT2D eigenvalue weighted by molar-refractivity contribution is 5.82. The molecule has 0 aliphatic carbocycles. The minimum absolute atomic E-state index is 0.0320. The van der Waals surface area contributed by atoms with Crippen LogP contribution in [0.5, 0.6) is 0 Å². The number of hydrogen-bond acceptors (Lipinski definition) is 4. The second-order valence-corrected chi connectivity index (χ2v) is 6.74. The van der Waals surface area contributed by atoms with Crippen molar-refractivity contribution in [1.82, 2.24) is 15.2 Å². The van der Waals surface area contributed by atoms with Gasteiger partial charge in [0.25, 0.3) is 5.56 Å². The van der Waals surface area contributed by atoms with Crippen molar-refractivity contribution in [2.75, 3.05) is 6.61 Å². The van der Waals surface area contributed by atoms with Crippen LogP contribution in [-0.2, 0) is 17.9 Å². The zero-order valence-corrected chi connectivity index (χ0v) is 13.8. The summed E-state index contributed by atoms with van der Waals surface area (Å²) in [6.45, 7) is 0.919. The van der Waals surface area contributed by atoms with Gasteiger partial charge in [0.1, 0.15) is 0 Å². The Morgan fingerprint density at radius 3 is 2.76 bits per heavy atom. The number of amides is 1. The van der Waals surface area contributed by atoms with Crippen molar-refractivity contribution >= 4 is 5.91 Å². The van der Waals surface area contributed by atoms with Gasteiger partial charge >= 0.3 is 0 Å². The van der Waals surface area contributed by atoms with Crippen LogP contribution in [0.4, 0.5) is 0 Å². The molecule has 3 heterocycles. The van der Waals surface area contributed by atoms with Gasteiger partial charge in [0.05, 0.1) is 12.1 Å². The van der Waals surface area contributed by atoms with Gasteiger partial charge in [-0.3, -0.25) is 14.9 Å². The van der Waals surface area contributed by atoms with Gasteiger partial charge in [-0.2, -0.15) is 0 Å². The predicted octanol–water partition coefficient (Wildman–Crippen LogP) is 0.416. The molecule has 25 heavy (non-hydrogen) atoms. The van der Waals surface area contributed by atoms with Crippen LogP contribution in [0, 0.1) is 11.8 Å². The van der Waals surface area contributed by atoms with E-state index >= 15 is 0 Å². The molecule has 0 saturated carbocycles. The Morgan fingerprint density at radius 1 is 1.20 bits per heavy atom. The number of carbonyl (C=O) groups is 1. The molecular formula is C19H21N3O3. The van der Waals surface area contributed by atoms with Gasteiger partial charge in [0.15, 0.2) is 0 Å². The zero-order valence-electron chi connectivity index (χ0n) is 13.8. The summed E-state index contributed by atoms with van der Waals surface area (Å²) < 4.78 is 1.74. The molecule has 2 aliphatic heterocycles. The smallest absolute Gasteiger partial charge is 0.250 e. The third-order valence-electron chi connectivity index (χ3n) is 5.36. The van der Waals surface area contributed by atoms with E-state index in [0.717, 1.165) is 11.3 Å². The van der Waals surface area contributed by atoms with E-state index in [9.17, 15) is 14.7 Å². The van der Waals surface area contributed by atoms with E-state index in [-0.39, 0.29) is 36.0 Å². The summed E-state index contributed by atoms with van der Waals surface area (Å²) in [6, 6.07) is 14.4. The fourth-order valence-electron chi connectivity index (χ4n) is 4.10. The Labute approximate surface area is 145 Å². The number of hydrogen-bond donors (Lipinski definition) is 3. The molecule has 1 saturated heterocycles. The Bertz CT molecular complexity index is 833. The van der Waals surface area contributed by atoms with E-state index < -0.39 is 6.04 Å². The van der Waals surface area contributed by atoms with Crippen LogP contribution in [0.2, 0.25) is 0 Å². The summed E-state index contributed by atoms with van der Waals surface area (Å²) in [4.78, 5) is 24.7. The molecule has 0 bridgehead atoms. The molecule has 2 aromatic rings. The maximum atomic E-state index is 12.6. The lowest BCUT2D eigenvalue weighted by Gasteiger charge is -2.21. The van der Waals surface area contributed by atoms with E-state index in [4.69, 9.17) is 0 Å². The first-order chi connectivity index (χ1) is 12.2. The lowest BCUT2D eigenvalue weighted by Crippen LogP contribution is -2.46. The number of aromatic nitrogens is 1. The summed E-state index contributed by atoms with van der Waals surface area (Å²) in [6.07, 6.45) is 0. The first-order valence-electron chi connectivity index (χ1n) is 8.57. The van der Waals surface area contributed by atoms with Gasteiger partial charge in [0, 0.05) is 43.3 Å². The summed E-state index contributed by atoms with van der Waals surface area (Å²) in [5.41, 5.74) is 1.90. The number of carbonyl (C=O) groups excluding carboxylic acids is 1. The number of fused-ring (bicyclic) bond motifs is 3. The first kappa shape index (κ1) is 16.1. The maximum absolute atomic E-state index is 12.6. The van der Waals surface area contributed by atoms with Gasteiger partial charge < -0.3 is 15.0 Å². The van der Waals surface area contributed by atoms with Crippen molar-refractivity contribution in [3.05, 3.63) is 70.1 Å². The van der Waals surface area contributed by atoms with Gasteiger partial charge in [-0.25, -0.2) is 0 Å². The Morgan fingerprint density at radius 2 is 2.00 bits per heavy atom. The molecule has 1 aromatic heterocycles. The minimum atomic E-state index is -0.451. The molecule has 6 nitrogen and oxygen atoms in total. The fourth-order valence-corrected chi connectivity index (χ4v) is 4.10. The number of rotatable bonds is 4. The van der Waals surface area contributed by atoms with E-state index in [2.05, 4.69) is 10.6 Å². The summed E-state index contributed by atoms with van der Waals surface area (Å²) in [7, 11) is 0. The maximum Gasteiger partial charge on any atom is 0.250 e. The molecular weight excluding hydrogens is 318 g/mol. The van der Waals surface area contributed by atoms with Crippen molar-refractivity contribution in [1.29, 1.82) is 0 Å². The van der Waals surface area contributed by atoms with Crippen molar-refractivity contribution in [2.24, 2.45) is 11.8 Å². The molecule has 1 amide bonds. The van der Waals surface area contributed by atoms with Crippen molar-refractivity contribution < 1.29 is 9.90 Å². The average molecular weight is 339 g/mol. The van der Waals surface area contributed by atoms with Gasteiger partial charge in [0.2, 0.25) is 5.91 Å². The van der Waals surface area contributed by atoms with Crippen LogP contribution >= 0.6 is 0 Å². The quantitative estimate of drug-likeness (QED) is 0.754. The number of aliphatic hydroxyl groups excluding tert-OH is 1. The van der Waals surface area contributed by atoms with Crippen LogP contribution in [0.25, 0.3) is 0 Å². The molecule has 3 N–H and O–H groups in total. The van der Waals surface area contributed by atoms with Crippen molar-refractivity contribution in [3.63, 3.8) is 0 Å². The molecule has 0 radical (unpaired) electrons. The number of aliphatic hydroxyl groups is 1. The number of nitrogens with zero attached hydrogens (tertiary/aromatic N) is 1. The molecule has 0 spiro atoms. The van der Waals surface area contributed by atoms with Gasteiger partial charge in [-0.05, 0) is 11.6 Å². The highest BCUT2D eigenvalue weighted by Crippen LogP contribution is 2.42. The Hall–Kier alpha value is -2.44. The van der Waals surface area contributed by atoms with Crippen LogP contribution < -0.4 is 16.2 Å². The predicted molar refractivity (Wildman–Crippen MR) is 92.7 cm³/mol. The second kappa shape index (κ2) is 6.46. The topological polar surface area (TPSA) is 83.4 Å². The number of benzene rings is 1. The van der Waals surface area contributed by atoms with Crippen LogP contribution in [0.3, 0.4) is 0 Å². The SMILES string of the molecule is O=C(NCc1ccccc1)[C@@H]1N[C@@H]2c3cccc(=O)n3C[C@@H]2[C@H]1CO. The second-order valence-electron chi connectivity index (χ2n) is 6.74. The molecule has 6 heteroatoms. The largest absolute Gasteiger partial charge is 0.396 e. The Balaban J connectivity index is 1.50. The summed E-state index contributed by atoms with van der Waals surface area (Å²) in [5.74, 6) is -0.269. The summed E-state index contributed by atoms with van der Waals surface area (Å²) in [5, 5.41) is 16.1. The summed E-state index contributed by atoms with van der Waals surface area (Å²) >= 11 is 0. The Kier molecular flexibility index (Phi) is 4.15. The molecule has 4 rings (SSSR count). The monoisotopic (exact) mass is 339 g/mol. The minimum Gasteiger partial charge on any atom is -0.396 e. The average Bonchev–Trinajstić information content (AvgIpc) is 3.17. The molecule has 0 unspecified atom stereocenters. The van der Waals surface area contributed by atoms with E-state index in [1.54, 1.807) is 16.7 Å². The fraction of sp³-hybridized carbons (Fsp3) is 0.368. The van der Waals surface area contributed by atoms with Crippen LogP contribution in [-0.4, -0.2) is 28.2 Å². The standard InChI is InChI=1S/C19H21N3O3/c23-11-14-13-10-22-15(7-4-8-16(22)24)17(13)21-18(14)19(25)20-9-12-5-2-1-3-6-12/h1-8,13-14,17-18,21,23H,9-11H2,(H,20,25)/t13-,14-,17+,18-/m1/s1. The molecule has 130 valence electrons. The third kappa shape index (κ3) is 2.77. The highest BCUT2D eigenvalue weighted by Gasteiger charge is 2.50. The van der Waals surface area contributed by atoms with E-state index in [0.29, 0.717) is 13.1 Å². The van der Waals surface area contributed by atoms with E-state index in [1.165, 1.54) is 0 Å². The number of pyridine rings is 1. The third-order valence-corrected chi connectivity index (χ3v) is 5.36. The highest BCUT2D eigenvalue weighted by atomic mass is 16.3. The van der Waals surface area contributed by atoms with Gasteiger partial charge in [-0.15, -0.1) is 0 Å². The van der Waals surface area contributed by atoms with Crippen molar-refractivity contribution in [2.45, 2.75) is 25.2 Å². The molecule has 1 aromatic carbocycles. The van der Waals surface area contributed by atoms with Gasteiger partial charge in [-0.1, -0.05) is 36.4 Å². The number of nitrogens with one attached hydrogen (secondary N) is 2. The molecule has 4 atom stereocenters.